The van der Waals surface area contributed by atoms with Crippen LogP contribution in [0, 0.1) is 0 Å². The summed E-state index contributed by atoms with van der Waals surface area (Å²) in [5, 5.41) is -5.92. The highest BCUT2D eigenvalue weighted by molar-refractivity contribution is 6.22. The van der Waals surface area contributed by atoms with Crippen molar-refractivity contribution in [2.75, 3.05) is 0 Å². The van der Waals surface area contributed by atoms with E-state index in [9.17, 15) is 12.3 Å². The van der Waals surface area contributed by atoms with Crippen LogP contribution in [0.4, 0.5) is 0 Å². The van der Waals surface area contributed by atoms with Crippen LogP contribution in [0.5, 0.6) is 0 Å². The molecule has 214 valence electrons. The molecule has 0 spiro atoms. The highest BCUT2D eigenvalue weighted by Crippen LogP contribution is 2.45. The van der Waals surface area contributed by atoms with E-state index in [1.807, 2.05) is 0 Å². The number of rotatable bonds is 4. The van der Waals surface area contributed by atoms with Crippen LogP contribution in [0.2, 0.25) is 0 Å². The zero-order chi connectivity index (χ0) is 56.6. The van der Waals surface area contributed by atoms with Crippen molar-refractivity contribution in [3.8, 4) is 44.5 Å². The third kappa shape index (κ3) is 4.38. The predicted molar refractivity (Wildman–Crippen MR) is 198 cm³/mol. The Morgan fingerprint density at radius 2 is 0.783 bits per heavy atom. The molecule has 9 rings (SSSR count). The first-order valence-electron chi connectivity index (χ1n) is 28.5. The summed E-state index contributed by atoms with van der Waals surface area (Å²) in [6, 6.07) is -29.9. The molecule has 0 saturated heterocycles. The highest BCUT2D eigenvalue weighted by Gasteiger charge is 2.18. The van der Waals surface area contributed by atoms with Crippen molar-refractivity contribution in [2.24, 2.45) is 0 Å². The van der Waals surface area contributed by atoms with Crippen LogP contribution in [-0.4, -0.2) is 0 Å². The SMILES string of the molecule is [2H]c1c([2H])c([2H])c(-c2c3c([2H])c([2H])c([2H])c([2H])c3c(-c3c([2H])c([2H])c(-c4c([2H])c([2H])c5c([2H])c([2H])c([2H])c([2H])c5c4[2H])c([2H])c3[2H])c3c([2H])c([2H])c(-c4c([2H])c([2H])c([2H])c5c([2H])c([2H])c([2H])c([2H])c45)c([2H])c23)c([2H])c1[2H]. The predicted octanol–water partition coefficient (Wildman–Crippen LogP) is 13.0. The zero-order valence-corrected chi connectivity index (χ0v) is 23.0. The molecule has 0 aliphatic carbocycles. The smallest absolute Gasteiger partial charge is 0.0622 e. The topological polar surface area (TPSA) is 0 Å². The number of hydrogen-bond donors (Lipinski definition) is 0. The van der Waals surface area contributed by atoms with E-state index in [0.717, 1.165) is 0 Å². The van der Waals surface area contributed by atoms with Crippen LogP contribution in [0.3, 0.4) is 0 Å². The van der Waals surface area contributed by atoms with Gasteiger partial charge in [-0.3, -0.25) is 0 Å². The van der Waals surface area contributed by atoms with Gasteiger partial charge in [0.05, 0.1) is 41.1 Å². The maximum absolute atomic E-state index is 10.1. The molecule has 9 aromatic carbocycles. The lowest BCUT2D eigenvalue weighted by atomic mass is 9.84. The molecule has 9 aromatic rings. The Balaban J connectivity index is 1.61. The van der Waals surface area contributed by atoms with Gasteiger partial charge in [-0.15, -0.1) is 0 Å². The summed E-state index contributed by atoms with van der Waals surface area (Å²) in [4.78, 5) is 0. The third-order valence-corrected chi connectivity index (χ3v) is 7.19. The van der Waals surface area contributed by atoms with Crippen molar-refractivity contribution in [3.05, 3.63) is 181 Å². The molecule has 0 N–H and O–H groups in total. The first-order chi connectivity index (χ1) is 35.3. The number of fused-ring (bicyclic) bond motifs is 4. The van der Waals surface area contributed by atoms with Crippen molar-refractivity contribution in [2.45, 2.75) is 0 Å². The fourth-order valence-corrected chi connectivity index (χ4v) is 5.19. The summed E-state index contributed by atoms with van der Waals surface area (Å²) in [6.45, 7) is 0. The van der Waals surface area contributed by atoms with Gasteiger partial charge in [-0.2, -0.15) is 0 Å². The summed E-state index contributed by atoms with van der Waals surface area (Å²) < 4.78 is 269. The molecule has 0 bridgehead atoms. The van der Waals surface area contributed by atoms with E-state index >= 15 is 0 Å². The molecule has 0 heterocycles. The van der Waals surface area contributed by atoms with Gasteiger partial charge in [-0.05, 0) is 99.7 Å². The van der Waals surface area contributed by atoms with Crippen LogP contribution in [0.15, 0.2) is 181 Å². The second kappa shape index (κ2) is 10.9. The Hall–Kier alpha value is -5.98. The standard InChI is InChI=1S/C46H30/c1-2-13-34(14-3-1)46-42-19-9-8-18-41(42)45(35-24-21-32(22-25-35)37-26-23-31-11-4-5-15-36(31)29-37)43-28-27-38(30-44(43)46)40-20-10-16-33-12-6-7-17-39(33)40/h1-30H/i1D,2D,3D,4D,5D,6D,7D,8D,9D,10D,11D,12D,13D,14D,15D,16D,17D,18D,19D,20D,21D,22D,23D,24D,25D,26D,27D,28D,29D,30D. The number of benzene rings is 9. The molecule has 0 aliphatic heterocycles. The summed E-state index contributed by atoms with van der Waals surface area (Å²) in [5.74, 6) is 0. The fraction of sp³-hybridized carbons (Fsp3) is 0. The monoisotopic (exact) mass is 612 g/mol. The van der Waals surface area contributed by atoms with Crippen LogP contribution < -0.4 is 0 Å². The van der Waals surface area contributed by atoms with Crippen molar-refractivity contribution >= 4 is 43.1 Å². The first kappa shape index (κ1) is 10.0. The average molecular weight is 613 g/mol. The van der Waals surface area contributed by atoms with Crippen LogP contribution in [0.1, 0.15) is 41.1 Å². The second-order valence-electron chi connectivity index (χ2n) is 9.75. The van der Waals surface area contributed by atoms with Gasteiger partial charge in [-0.1, -0.05) is 169 Å². The largest absolute Gasteiger partial charge is 0.0636 e. The van der Waals surface area contributed by atoms with Gasteiger partial charge >= 0.3 is 0 Å². The molecule has 0 fully saturated rings. The molecule has 0 unspecified atom stereocenters. The van der Waals surface area contributed by atoms with E-state index < -0.39 is 269 Å². The molecule has 0 saturated carbocycles. The molecule has 0 nitrogen and oxygen atoms in total. The van der Waals surface area contributed by atoms with E-state index in [2.05, 4.69) is 0 Å². The van der Waals surface area contributed by atoms with Gasteiger partial charge in [-0.25, -0.2) is 0 Å². The number of hydrogen-bond acceptors (Lipinski definition) is 0. The summed E-state index contributed by atoms with van der Waals surface area (Å²) >= 11 is 0. The molecule has 0 amide bonds. The summed E-state index contributed by atoms with van der Waals surface area (Å²) in [6.07, 6.45) is 0. The molecule has 0 heteroatoms. The van der Waals surface area contributed by atoms with Crippen LogP contribution in [0.25, 0.3) is 87.6 Å². The Morgan fingerprint density at radius 3 is 1.57 bits per heavy atom. The Morgan fingerprint density at radius 1 is 0.261 bits per heavy atom. The average Bonchev–Trinajstić information content (AvgIpc) is 3.40. The van der Waals surface area contributed by atoms with Crippen molar-refractivity contribution < 1.29 is 41.1 Å². The first-order valence-corrected chi connectivity index (χ1v) is 13.5. The van der Waals surface area contributed by atoms with Crippen LogP contribution in [-0.2, 0) is 0 Å². The van der Waals surface area contributed by atoms with Gasteiger partial charge in [0.15, 0.2) is 0 Å². The molecule has 0 aliphatic rings. The zero-order valence-electron chi connectivity index (χ0n) is 53.0. The maximum Gasteiger partial charge on any atom is 0.0636 e. The van der Waals surface area contributed by atoms with Gasteiger partial charge in [0.2, 0.25) is 0 Å². The molecule has 0 radical (unpaired) electrons. The quantitative estimate of drug-likeness (QED) is 0.173. The Labute approximate surface area is 311 Å². The van der Waals surface area contributed by atoms with E-state index in [-0.39, 0.29) is 0 Å². The minimum Gasteiger partial charge on any atom is -0.0622 e. The Bertz CT molecular complexity index is 4210. The third-order valence-electron chi connectivity index (χ3n) is 7.19. The van der Waals surface area contributed by atoms with Crippen molar-refractivity contribution in [3.63, 3.8) is 0 Å². The van der Waals surface area contributed by atoms with Gasteiger partial charge < -0.3 is 0 Å². The van der Waals surface area contributed by atoms with Crippen molar-refractivity contribution in [1.29, 1.82) is 0 Å². The van der Waals surface area contributed by atoms with Crippen molar-refractivity contribution in [1.82, 2.24) is 0 Å². The van der Waals surface area contributed by atoms with Gasteiger partial charge in [0, 0.05) is 0 Å². The fourth-order valence-electron chi connectivity index (χ4n) is 5.19. The summed E-state index contributed by atoms with van der Waals surface area (Å²) in [5.41, 5.74) is -6.92. The minimum absolute atomic E-state index is 0.567. The molecule has 0 aromatic heterocycles. The normalized spacial score (nSPS) is 20.6. The van der Waals surface area contributed by atoms with E-state index in [4.69, 9.17) is 28.8 Å². The van der Waals surface area contributed by atoms with Gasteiger partial charge in [0.1, 0.15) is 0 Å². The van der Waals surface area contributed by atoms with Gasteiger partial charge in [0.25, 0.3) is 0 Å². The van der Waals surface area contributed by atoms with Crippen LogP contribution >= 0.6 is 0 Å². The summed E-state index contributed by atoms with van der Waals surface area (Å²) in [7, 11) is 0. The lowest BCUT2D eigenvalue weighted by molar-refractivity contribution is 1.62. The lowest BCUT2D eigenvalue weighted by Gasteiger charge is -2.19. The lowest BCUT2D eigenvalue weighted by Crippen LogP contribution is -1.92. The maximum atomic E-state index is 10.1. The van der Waals surface area contributed by atoms with E-state index in [1.54, 1.807) is 0 Å². The molecule has 46 heavy (non-hydrogen) atoms. The molecular formula is C46H30. The minimum atomic E-state index is -1.16. The molecule has 0 atom stereocenters. The Kier molecular flexibility index (Phi) is 2.37. The highest BCUT2D eigenvalue weighted by atomic mass is 14.2. The van der Waals surface area contributed by atoms with E-state index in [1.165, 1.54) is 0 Å². The second-order valence-corrected chi connectivity index (χ2v) is 9.75. The van der Waals surface area contributed by atoms with E-state index in [0.29, 0.717) is 0 Å². The molecular weight excluding hydrogens is 553 g/mol.